The Balaban J connectivity index is 2.83. The van der Waals surface area contributed by atoms with Crippen LogP contribution in [-0.2, 0) is 0 Å². The lowest BCUT2D eigenvalue weighted by Gasteiger charge is -2.09. The summed E-state index contributed by atoms with van der Waals surface area (Å²) in [5.41, 5.74) is 1.13. The van der Waals surface area contributed by atoms with Gasteiger partial charge in [-0.2, -0.15) is 0 Å². The van der Waals surface area contributed by atoms with Crippen LogP contribution >= 0.6 is 0 Å². The number of ether oxygens (including phenoxy) is 1. The van der Waals surface area contributed by atoms with Gasteiger partial charge in [0.1, 0.15) is 5.75 Å². The van der Waals surface area contributed by atoms with Crippen molar-refractivity contribution in [3.8, 4) is 5.75 Å². The molecule has 14 heavy (non-hydrogen) atoms. The van der Waals surface area contributed by atoms with Gasteiger partial charge in [-0.05, 0) is 24.1 Å². The average Bonchev–Trinajstić information content (AvgIpc) is 2.26. The normalized spacial score (nSPS) is 13.0. The van der Waals surface area contributed by atoms with Crippen LogP contribution in [0.25, 0.3) is 0 Å². The minimum absolute atomic E-state index is 0.172. The lowest BCUT2D eigenvalue weighted by molar-refractivity contribution is 0.319. The third-order valence-corrected chi connectivity index (χ3v) is 2.23. The second-order valence-electron chi connectivity index (χ2n) is 3.05. The van der Waals surface area contributed by atoms with Gasteiger partial charge in [0.05, 0.1) is 13.3 Å². The van der Waals surface area contributed by atoms with Crippen molar-refractivity contribution in [2.75, 3.05) is 7.11 Å². The highest BCUT2D eigenvalue weighted by molar-refractivity contribution is 5.67. The summed E-state index contributed by atoms with van der Waals surface area (Å²) >= 11 is 0. The molecular weight excluding hydrogens is 178 g/mol. The van der Waals surface area contributed by atoms with Crippen LogP contribution in [0.1, 0.15) is 24.8 Å². The highest BCUT2D eigenvalue weighted by Gasteiger charge is 2.06. The van der Waals surface area contributed by atoms with Gasteiger partial charge in [-0.25, -0.2) is 0 Å². The molecule has 0 fully saturated rings. The van der Waals surface area contributed by atoms with Gasteiger partial charge in [-0.1, -0.05) is 19.1 Å². The largest absolute Gasteiger partial charge is 0.497 e. The third-order valence-electron chi connectivity index (χ3n) is 2.23. The number of rotatable bonds is 4. The Bertz CT molecular complexity index is 293. The maximum atomic E-state index is 8.47. The molecule has 3 nitrogen and oxygen atoms in total. The van der Waals surface area contributed by atoms with Gasteiger partial charge in [-0.3, -0.25) is 0 Å². The van der Waals surface area contributed by atoms with E-state index in [0.29, 0.717) is 0 Å². The monoisotopic (exact) mass is 193 g/mol. The number of hydrogen-bond acceptors (Lipinski definition) is 3. The Morgan fingerprint density at radius 2 is 2.07 bits per heavy atom. The van der Waals surface area contributed by atoms with Crippen LogP contribution in [0.15, 0.2) is 29.4 Å². The summed E-state index contributed by atoms with van der Waals surface area (Å²) in [5.74, 6) is 1.01. The smallest absolute Gasteiger partial charge is 0.118 e. The van der Waals surface area contributed by atoms with Crippen molar-refractivity contribution in [3.63, 3.8) is 0 Å². The van der Waals surface area contributed by atoms with Crippen LogP contribution < -0.4 is 4.74 Å². The van der Waals surface area contributed by atoms with E-state index in [9.17, 15) is 0 Å². The number of hydrogen-bond donors (Lipinski definition) is 1. The van der Waals surface area contributed by atoms with Crippen LogP contribution in [-0.4, -0.2) is 18.5 Å². The number of nitrogens with zero attached hydrogens (tertiary/aromatic N) is 1. The van der Waals surface area contributed by atoms with Gasteiger partial charge < -0.3 is 9.94 Å². The molecule has 1 aromatic carbocycles. The zero-order chi connectivity index (χ0) is 10.4. The second kappa shape index (κ2) is 5.27. The maximum Gasteiger partial charge on any atom is 0.118 e. The van der Waals surface area contributed by atoms with Crippen LogP contribution in [0.2, 0.25) is 0 Å². The van der Waals surface area contributed by atoms with E-state index in [2.05, 4.69) is 12.1 Å². The van der Waals surface area contributed by atoms with E-state index in [1.54, 1.807) is 13.3 Å². The first kappa shape index (κ1) is 10.6. The van der Waals surface area contributed by atoms with E-state index in [1.165, 1.54) is 0 Å². The van der Waals surface area contributed by atoms with Crippen molar-refractivity contribution < 1.29 is 9.94 Å². The molecule has 0 bridgehead atoms. The Kier molecular flexibility index (Phi) is 3.98. The summed E-state index contributed by atoms with van der Waals surface area (Å²) in [6, 6.07) is 7.77. The molecule has 0 spiro atoms. The van der Waals surface area contributed by atoms with Crippen molar-refractivity contribution in [1.82, 2.24) is 0 Å². The van der Waals surface area contributed by atoms with Crippen LogP contribution in [0.4, 0.5) is 0 Å². The molecule has 0 aliphatic heterocycles. The summed E-state index contributed by atoms with van der Waals surface area (Å²) in [4.78, 5) is 0. The van der Waals surface area contributed by atoms with Gasteiger partial charge in [-0.15, -0.1) is 5.16 Å². The molecule has 0 aromatic heterocycles. The highest BCUT2D eigenvalue weighted by atomic mass is 16.5. The molecule has 0 radical (unpaired) electrons. The zero-order valence-corrected chi connectivity index (χ0v) is 8.47. The second-order valence-corrected chi connectivity index (χ2v) is 3.05. The van der Waals surface area contributed by atoms with Gasteiger partial charge in [0.25, 0.3) is 0 Å². The predicted molar refractivity (Wildman–Crippen MR) is 56.3 cm³/mol. The fourth-order valence-electron chi connectivity index (χ4n) is 1.36. The number of oxime groups is 1. The topological polar surface area (TPSA) is 41.8 Å². The SMILES string of the molecule is CC[C@@H](/C=N\O)c1ccc(OC)cc1. The molecule has 0 amide bonds. The van der Waals surface area contributed by atoms with Crippen molar-refractivity contribution in [2.24, 2.45) is 5.16 Å². The van der Waals surface area contributed by atoms with Gasteiger partial charge >= 0.3 is 0 Å². The Morgan fingerprint density at radius 3 is 2.50 bits per heavy atom. The fourth-order valence-corrected chi connectivity index (χ4v) is 1.36. The minimum atomic E-state index is 0.172. The van der Waals surface area contributed by atoms with Crippen LogP contribution in [0.5, 0.6) is 5.75 Å². The zero-order valence-electron chi connectivity index (χ0n) is 8.47. The molecule has 0 aliphatic rings. The third kappa shape index (κ3) is 2.49. The highest BCUT2D eigenvalue weighted by Crippen LogP contribution is 2.20. The standard InChI is InChI=1S/C11H15NO2/c1-3-9(8-12-13)10-4-6-11(14-2)7-5-10/h4-9,13H,3H2,1-2H3/b12-8-/t9-/m0/s1. The molecular formula is C11H15NO2. The van der Waals surface area contributed by atoms with Crippen LogP contribution in [0.3, 0.4) is 0 Å². The molecule has 0 saturated carbocycles. The molecule has 1 rings (SSSR count). The number of methoxy groups -OCH3 is 1. The van der Waals surface area contributed by atoms with E-state index >= 15 is 0 Å². The van der Waals surface area contributed by atoms with Gasteiger partial charge in [0, 0.05) is 5.92 Å². The average molecular weight is 193 g/mol. The molecule has 76 valence electrons. The molecule has 0 unspecified atom stereocenters. The summed E-state index contributed by atoms with van der Waals surface area (Å²) in [7, 11) is 1.64. The fraction of sp³-hybridized carbons (Fsp3) is 0.364. The Morgan fingerprint density at radius 1 is 1.43 bits per heavy atom. The quantitative estimate of drug-likeness (QED) is 0.453. The van der Waals surface area contributed by atoms with E-state index in [1.807, 2.05) is 24.3 Å². The summed E-state index contributed by atoms with van der Waals surface area (Å²) in [6.45, 7) is 2.05. The summed E-state index contributed by atoms with van der Waals surface area (Å²) in [6.07, 6.45) is 2.46. The molecule has 1 atom stereocenters. The first-order valence-corrected chi connectivity index (χ1v) is 4.63. The summed E-state index contributed by atoms with van der Waals surface area (Å²) < 4.78 is 5.06. The van der Waals surface area contributed by atoms with Gasteiger partial charge in [0.2, 0.25) is 0 Å². The maximum absolute atomic E-state index is 8.47. The molecule has 0 heterocycles. The first-order valence-electron chi connectivity index (χ1n) is 4.63. The molecule has 0 aliphatic carbocycles. The van der Waals surface area contributed by atoms with Crippen LogP contribution in [0, 0.1) is 0 Å². The number of benzene rings is 1. The Labute approximate surface area is 84.0 Å². The van der Waals surface area contributed by atoms with E-state index in [4.69, 9.17) is 9.94 Å². The van der Waals surface area contributed by atoms with Gasteiger partial charge in [0.15, 0.2) is 0 Å². The molecule has 0 saturated heterocycles. The molecule has 1 aromatic rings. The van der Waals surface area contributed by atoms with Crippen molar-refractivity contribution >= 4 is 6.21 Å². The predicted octanol–water partition coefficient (Wildman–Crippen LogP) is 2.65. The lowest BCUT2D eigenvalue weighted by atomic mass is 9.98. The van der Waals surface area contributed by atoms with E-state index < -0.39 is 0 Å². The van der Waals surface area contributed by atoms with E-state index in [0.717, 1.165) is 17.7 Å². The lowest BCUT2D eigenvalue weighted by Crippen LogP contribution is -1.98. The Hall–Kier alpha value is -1.51. The first-order chi connectivity index (χ1) is 6.81. The van der Waals surface area contributed by atoms with Crippen molar-refractivity contribution in [3.05, 3.63) is 29.8 Å². The van der Waals surface area contributed by atoms with E-state index in [-0.39, 0.29) is 5.92 Å². The van der Waals surface area contributed by atoms with Crippen molar-refractivity contribution in [2.45, 2.75) is 19.3 Å². The summed E-state index contributed by atoms with van der Waals surface area (Å²) in [5, 5.41) is 11.5. The molecule has 3 heteroatoms. The minimum Gasteiger partial charge on any atom is -0.497 e. The molecule has 1 N–H and O–H groups in total. The van der Waals surface area contributed by atoms with Crippen molar-refractivity contribution in [1.29, 1.82) is 0 Å².